The lowest BCUT2D eigenvalue weighted by molar-refractivity contribution is -0.155. The van der Waals surface area contributed by atoms with Crippen LogP contribution in [0.1, 0.15) is 36.0 Å². The molecule has 0 saturated carbocycles. The minimum atomic E-state index is -1.44. The zero-order valence-corrected chi connectivity index (χ0v) is 27.6. The maximum absolute atomic E-state index is 13.1. The normalized spacial score (nSPS) is 12.2. The van der Waals surface area contributed by atoms with E-state index in [9.17, 15) is 29.2 Å². The summed E-state index contributed by atoms with van der Waals surface area (Å²) < 4.78 is 15.8. The Morgan fingerprint density at radius 2 is 1.29 bits per heavy atom. The standard InChI is InChI=1S/C34H40N7O10/c35-33(40-41(47)48)36-18-10-17-27(39-34(46)51-23-26-15-8-3-9-16-26)31(44)37-20-29(42)38-28(32(45)50-22-25-13-6-2-7-14-25)19-30(43)49-21-24-11-4-1-5-12-24/h1-9,11-16,27-28,47H,10,17-23H2,(H,37,44)(H,38,42)(H,39,46)(H3,35,36,40)/q-1/t27-,28-/m1/s1. The molecule has 3 amide bonds. The van der Waals surface area contributed by atoms with Gasteiger partial charge in [0.25, 0.3) is 0 Å². The summed E-state index contributed by atoms with van der Waals surface area (Å²) in [6, 6.07) is 23.8. The zero-order valence-electron chi connectivity index (χ0n) is 27.6. The highest BCUT2D eigenvalue weighted by Crippen LogP contribution is 2.08. The van der Waals surface area contributed by atoms with Gasteiger partial charge in [-0.3, -0.25) is 24.8 Å². The molecule has 0 unspecified atom stereocenters. The third-order valence-corrected chi connectivity index (χ3v) is 6.84. The molecule has 3 rings (SSSR count). The highest BCUT2D eigenvalue weighted by Gasteiger charge is 2.27. The molecule has 0 saturated heterocycles. The quantitative estimate of drug-likeness (QED) is 0.0259. The Morgan fingerprint density at radius 1 is 0.765 bits per heavy atom. The molecule has 0 heterocycles. The molecule has 3 aromatic carbocycles. The topological polar surface area (TPSA) is 246 Å². The molecule has 2 atom stereocenters. The van der Waals surface area contributed by atoms with Crippen LogP contribution < -0.4 is 27.1 Å². The van der Waals surface area contributed by atoms with Gasteiger partial charge in [-0.2, -0.15) is 5.34 Å². The van der Waals surface area contributed by atoms with Crippen molar-refractivity contribution in [1.82, 2.24) is 26.7 Å². The van der Waals surface area contributed by atoms with Crippen LogP contribution in [0.3, 0.4) is 0 Å². The highest BCUT2D eigenvalue weighted by molar-refractivity contribution is 5.92. The Bertz CT molecular complexity index is 1580. The zero-order chi connectivity index (χ0) is 36.8. The van der Waals surface area contributed by atoms with Gasteiger partial charge >= 0.3 is 18.0 Å². The first-order chi connectivity index (χ1) is 24.6. The van der Waals surface area contributed by atoms with E-state index in [0.717, 1.165) is 5.56 Å². The Balaban J connectivity index is 1.60. The predicted octanol–water partition coefficient (Wildman–Crippen LogP) is 1.55. The molecule has 7 N–H and O–H groups in total. The van der Waals surface area contributed by atoms with E-state index in [0.29, 0.717) is 11.1 Å². The number of hydrogen-bond donors (Lipinski definition) is 6. The number of aliphatic imine (C=N–C) groups is 1. The van der Waals surface area contributed by atoms with Crippen LogP contribution in [0.4, 0.5) is 4.79 Å². The van der Waals surface area contributed by atoms with E-state index in [1.165, 1.54) is 0 Å². The van der Waals surface area contributed by atoms with Crippen LogP contribution in [0, 0.1) is 5.21 Å². The molecule has 0 radical (unpaired) electrons. The monoisotopic (exact) mass is 706 g/mol. The van der Waals surface area contributed by atoms with Gasteiger partial charge in [-0.25, -0.2) is 9.59 Å². The number of hydrogen-bond acceptors (Lipinski definition) is 12. The smallest absolute Gasteiger partial charge is 0.408 e. The van der Waals surface area contributed by atoms with E-state index in [-0.39, 0.29) is 45.2 Å². The SMILES string of the molecule is NC(=NCCC[C@@H](NC(=O)OCc1ccccc1)C(=O)NCC(=O)N[C@H](CC(=O)OCc1ccccc1)C(=O)OCc1ccccc1)NN([O-])O. The third-order valence-electron chi connectivity index (χ3n) is 6.84. The number of carbonyl (C=O) groups excluding carboxylic acids is 5. The molecule has 0 aromatic heterocycles. The van der Waals surface area contributed by atoms with E-state index in [1.54, 1.807) is 96.4 Å². The van der Waals surface area contributed by atoms with Gasteiger partial charge in [0.15, 0.2) is 0 Å². The second-order valence-electron chi connectivity index (χ2n) is 10.8. The van der Waals surface area contributed by atoms with Crippen LogP contribution >= 0.6 is 0 Å². The van der Waals surface area contributed by atoms with E-state index >= 15 is 0 Å². The molecular weight excluding hydrogens is 666 g/mol. The molecule has 51 heavy (non-hydrogen) atoms. The summed E-state index contributed by atoms with van der Waals surface area (Å²) in [7, 11) is 0. The third kappa shape index (κ3) is 16.3. The van der Waals surface area contributed by atoms with Gasteiger partial charge in [0.05, 0.1) is 13.0 Å². The lowest BCUT2D eigenvalue weighted by Crippen LogP contribution is -2.51. The number of hydrazine groups is 1. The number of esters is 2. The van der Waals surface area contributed by atoms with Gasteiger partial charge in [-0.1, -0.05) is 91.0 Å². The van der Waals surface area contributed by atoms with Crippen LogP contribution in [0.15, 0.2) is 96.0 Å². The maximum Gasteiger partial charge on any atom is 0.408 e. The van der Waals surface area contributed by atoms with Gasteiger partial charge in [0, 0.05) is 6.54 Å². The predicted molar refractivity (Wildman–Crippen MR) is 181 cm³/mol. The minimum Gasteiger partial charge on any atom is -0.744 e. The molecular formula is C34H40N7O10-. The first-order valence-electron chi connectivity index (χ1n) is 15.8. The van der Waals surface area contributed by atoms with Crippen LogP contribution in [0.25, 0.3) is 0 Å². The van der Waals surface area contributed by atoms with Crippen molar-refractivity contribution in [3.05, 3.63) is 113 Å². The van der Waals surface area contributed by atoms with Crippen molar-refractivity contribution in [2.24, 2.45) is 10.7 Å². The van der Waals surface area contributed by atoms with Gasteiger partial charge in [0.2, 0.25) is 17.8 Å². The number of rotatable bonds is 19. The maximum atomic E-state index is 13.1. The summed E-state index contributed by atoms with van der Waals surface area (Å²) in [5.41, 5.74) is 9.37. The number of ether oxygens (including phenoxy) is 3. The molecule has 0 bridgehead atoms. The van der Waals surface area contributed by atoms with Gasteiger partial charge in [-0.05, 0) is 29.5 Å². The summed E-state index contributed by atoms with van der Waals surface area (Å²) >= 11 is 0. The lowest BCUT2D eigenvalue weighted by Gasteiger charge is -2.20. The number of nitrogens with two attached hydrogens (primary N) is 1. The first kappa shape index (κ1) is 39.4. The van der Waals surface area contributed by atoms with Crippen molar-refractivity contribution in [2.75, 3.05) is 13.1 Å². The number of guanidine groups is 1. The Morgan fingerprint density at radius 3 is 1.84 bits per heavy atom. The second kappa shape index (κ2) is 21.8. The van der Waals surface area contributed by atoms with Crippen LogP contribution in [0.5, 0.6) is 0 Å². The minimum absolute atomic E-state index is 0.00737. The summed E-state index contributed by atoms with van der Waals surface area (Å²) in [6.07, 6.45) is -1.30. The van der Waals surface area contributed by atoms with Crippen molar-refractivity contribution in [3.8, 4) is 0 Å². The van der Waals surface area contributed by atoms with Crippen LogP contribution in [-0.2, 0) is 53.2 Å². The van der Waals surface area contributed by atoms with E-state index in [1.807, 2.05) is 0 Å². The Hall–Kier alpha value is -6.04. The molecule has 17 heteroatoms. The average Bonchev–Trinajstić information content (AvgIpc) is 3.13. The van der Waals surface area contributed by atoms with Crippen molar-refractivity contribution in [1.29, 1.82) is 0 Å². The molecule has 272 valence electrons. The molecule has 0 aliphatic rings. The fourth-order valence-electron chi connectivity index (χ4n) is 4.33. The number of nitrogens with zero attached hydrogens (tertiary/aromatic N) is 2. The van der Waals surface area contributed by atoms with Crippen molar-refractivity contribution < 1.29 is 43.4 Å². The molecule has 0 spiro atoms. The van der Waals surface area contributed by atoms with E-state index in [4.69, 9.17) is 25.2 Å². The second-order valence-corrected chi connectivity index (χ2v) is 10.8. The Kier molecular flexibility index (Phi) is 16.9. The van der Waals surface area contributed by atoms with E-state index < -0.39 is 60.2 Å². The molecule has 0 aliphatic heterocycles. The molecule has 17 nitrogen and oxygen atoms in total. The van der Waals surface area contributed by atoms with Gasteiger partial charge in [0.1, 0.15) is 31.9 Å². The van der Waals surface area contributed by atoms with Gasteiger partial charge in [-0.15, -0.1) is 0 Å². The fraction of sp³-hybridized carbons (Fsp3) is 0.294. The summed E-state index contributed by atoms with van der Waals surface area (Å²) in [6.45, 7) is -0.882. The largest absolute Gasteiger partial charge is 0.744 e. The molecule has 0 fully saturated rings. The summed E-state index contributed by atoms with van der Waals surface area (Å²) in [5, 5.41) is 25.9. The van der Waals surface area contributed by atoms with Crippen LogP contribution in [-0.4, -0.2) is 71.5 Å². The average molecular weight is 707 g/mol. The van der Waals surface area contributed by atoms with Gasteiger partial charge < -0.3 is 46.3 Å². The number of nitrogens with one attached hydrogen (secondary N) is 4. The van der Waals surface area contributed by atoms with Crippen molar-refractivity contribution in [2.45, 2.75) is 51.2 Å². The number of carbonyl (C=O) groups is 5. The van der Waals surface area contributed by atoms with E-state index in [2.05, 4.69) is 20.9 Å². The highest BCUT2D eigenvalue weighted by atomic mass is 16.8. The number of alkyl carbamates (subject to hydrolysis) is 1. The molecule has 0 aliphatic carbocycles. The summed E-state index contributed by atoms with van der Waals surface area (Å²) in [4.78, 5) is 68.1. The number of amides is 3. The lowest BCUT2D eigenvalue weighted by atomic mass is 10.1. The summed E-state index contributed by atoms with van der Waals surface area (Å²) in [5.74, 6) is -3.67. The first-order valence-corrected chi connectivity index (χ1v) is 15.8. The Labute approximate surface area is 293 Å². The molecule has 3 aromatic rings. The van der Waals surface area contributed by atoms with Crippen LogP contribution in [0.2, 0.25) is 0 Å². The fourth-order valence-corrected chi connectivity index (χ4v) is 4.33. The van der Waals surface area contributed by atoms with Crippen molar-refractivity contribution >= 4 is 35.8 Å². The van der Waals surface area contributed by atoms with Crippen molar-refractivity contribution in [3.63, 3.8) is 0 Å². The number of benzene rings is 3.